The van der Waals surface area contributed by atoms with Gasteiger partial charge in [-0.05, 0) is 55.6 Å². The van der Waals surface area contributed by atoms with E-state index in [-0.39, 0.29) is 11.8 Å². The third-order valence-electron chi connectivity index (χ3n) is 4.46. The first-order valence-electron chi connectivity index (χ1n) is 8.37. The van der Waals surface area contributed by atoms with Crippen LogP contribution in [0, 0.1) is 12.8 Å². The van der Waals surface area contributed by atoms with Crippen LogP contribution in [0.4, 0.5) is 0 Å². The molecule has 0 atom stereocenters. The fraction of sp³-hybridized carbons (Fsp3) is 0.350. The first-order valence-corrected chi connectivity index (χ1v) is 8.37. The molecule has 0 saturated carbocycles. The van der Waals surface area contributed by atoms with Crippen LogP contribution in [-0.2, 0) is 11.3 Å². The van der Waals surface area contributed by atoms with E-state index in [1.54, 1.807) is 0 Å². The van der Waals surface area contributed by atoms with Crippen LogP contribution in [0.2, 0.25) is 0 Å². The zero-order chi connectivity index (χ0) is 16.1. The largest absolute Gasteiger partial charge is 0.352 e. The highest BCUT2D eigenvalue weighted by atomic mass is 16.1. The molecular formula is C20H24N2O. The van der Waals surface area contributed by atoms with Gasteiger partial charge in [0.05, 0.1) is 0 Å². The number of benzene rings is 2. The van der Waals surface area contributed by atoms with Crippen LogP contribution < -0.4 is 10.6 Å². The Morgan fingerprint density at radius 2 is 1.78 bits per heavy atom. The topological polar surface area (TPSA) is 41.1 Å². The molecule has 23 heavy (non-hydrogen) atoms. The highest BCUT2D eigenvalue weighted by molar-refractivity contribution is 5.78. The Bertz CT molecular complexity index is 675. The average molecular weight is 308 g/mol. The lowest BCUT2D eigenvalue weighted by Gasteiger charge is -2.21. The van der Waals surface area contributed by atoms with E-state index in [1.165, 1.54) is 16.7 Å². The summed E-state index contributed by atoms with van der Waals surface area (Å²) < 4.78 is 0. The minimum atomic E-state index is 0.163. The van der Waals surface area contributed by atoms with Gasteiger partial charge in [0, 0.05) is 12.5 Å². The van der Waals surface area contributed by atoms with Crippen molar-refractivity contribution < 1.29 is 4.79 Å². The zero-order valence-electron chi connectivity index (χ0n) is 13.6. The number of aryl methyl sites for hydroxylation is 1. The first-order chi connectivity index (χ1) is 11.2. The molecule has 0 bridgehead atoms. The molecule has 0 radical (unpaired) electrons. The van der Waals surface area contributed by atoms with E-state index in [4.69, 9.17) is 0 Å². The van der Waals surface area contributed by atoms with Gasteiger partial charge in [0.15, 0.2) is 0 Å². The van der Waals surface area contributed by atoms with Crippen LogP contribution in [0.5, 0.6) is 0 Å². The van der Waals surface area contributed by atoms with Gasteiger partial charge in [-0.2, -0.15) is 0 Å². The Morgan fingerprint density at radius 1 is 1.09 bits per heavy atom. The number of piperidine rings is 1. The molecule has 1 amide bonds. The van der Waals surface area contributed by atoms with E-state index in [1.807, 2.05) is 0 Å². The Kier molecular flexibility index (Phi) is 5.09. The predicted octanol–water partition coefficient (Wildman–Crippen LogP) is 3.28. The van der Waals surface area contributed by atoms with Gasteiger partial charge >= 0.3 is 0 Å². The molecule has 120 valence electrons. The third kappa shape index (κ3) is 4.20. The molecule has 1 aliphatic heterocycles. The van der Waals surface area contributed by atoms with Crippen molar-refractivity contribution in [2.75, 3.05) is 13.1 Å². The predicted molar refractivity (Wildman–Crippen MR) is 94.1 cm³/mol. The van der Waals surface area contributed by atoms with E-state index in [0.717, 1.165) is 31.5 Å². The number of hydrogen-bond acceptors (Lipinski definition) is 2. The SMILES string of the molecule is Cc1cccc(-c2cccc(CNC(=O)C3CCNCC3)c2)c1. The van der Waals surface area contributed by atoms with Crippen LogP contribution in [0.15, 0.2) is 48.5 Å². The lowest BCUT2D eigenvalue weighted by atomic mass is 9.97. The van der Waals surface area contributed by atoms with Crippen LogP contribution >= 0.6 is 0 Å². The third-order valence-corrected chi connectivity index (χ3v) is 4.46. The second-order valence-corrected chi connectivity index (χ2v) is 6.31. The molecule has 1 aliphatic rings. The van der Waals surface area contributed by atoms with Gasteiger partial charge < -0.3 is 10.6 Å². The molecule has 0 aromatic heterocycles. The van der Waals surface area contributed by atoms with Crippen LogP contribution in [-0.4, -0.2) is 19.0 Å². The average Bonchev–Trinajstić information content (AvgIpc) is 2.61. The molecular weight excluding hydrogens is 284 g/mol. The van der Waals surface area contributed by atoms with Crippen molar-refractivity contribution in [1.82, 2.24) is 10.6 Å². The maximum atomic E-state index is 12.2. The fourth-order valence-electron chi connectivity index (χ4n) is 3.10. The Hall–Kier alpha value is -2.13. The summed E-state index contributed by atoms with van der Waals surface area (Å²) in [4.78, 5) is 12.2. The van der Waals surface area contributed by atoms with Gasteiger partial charge in [0.2, 0.25) is 5.91 Å². The van der Waals surface area contributed by atoms with Crippen LogP contribution in [0.25, 0.3) is 11.1 Å². The summed E-state index contributed by atoms with van der Waals surface area (Å²) in [5.74, 6) is 0.351. The normalized spacial score (nSPS) is 15.3. The van der Waals surface area contributed by atoms with Gasteiger partial charge in [0.1, 0.15) is 0 Å². The molecule has 3 nitrogen and oxygen atoms in total. The molecule has 1 fully saturated rings. The summed E-state index contributed by atoms with van der Waals surface area (Å²) in [6.45, 7) is 4.59. The van der Waals surface area contributed by atoms with Crippen molar-refractivity contribution in [2.45, 2.75) is 26.3 Å². The molecule has 1 heterocycles. The smallest absolute Gasteiger partial charge is 0.223 e. The number of carbonyl (C=O) groups is 1. The van der Waals surface area contributed by atoms with Gasteiger partial charge in [-0.25, -0.2) is 0 Å². The summed E-state index contributed by atoms with van der Waals surface area (Å²) in [6, 6.07) is 16.9. The zero-order valence-corrected chi connectivity index (χ0v) is 13.6. The second kappa shape index (κ2) is 7.42. The van der Waals surface area contributed by atoms with Crippen molar-refractivity contribution >= 4 is 5.91 Å². The molecule has 0 unspecified atom stereocenters. The van der Waals surface area contributed by atoms with Gasteiger partial charge in [0.25, 0.3) is 0 Å². The first kappa shape index (κ1) is 15.8. The van der Waals surface area contributed by atoms with Gasteiger partial charge in [-0.3, -0.25) is 4.79 Å². The molecule has 3 rings (SSSR count). The molecule has 3 heteroatoms. The Labute approximate surface area is 138 Å². The second-order valence-electron chi connectivity index (χ2n) is 6.31. The highest BCUT2D eigenvalue weighted by Crippen LogP contribution is 2.21. The minimum absolute atomic E-state index is 0.163. The van der Waals surface area contributed by atoms with Crippen molar-refractivity contribution in [1.29, 1.82) is 0 Å². The van der Waals surface area contributed by atoms with Gasteiger partial charge in [-0.1, -0.05) is 48.0 Å². The van der Waals surface area contributed by atoms with E-state index >= 15 is 0 Å². The number of hydrogen-bond donors (Lipinski definition) is 2. The molecule has 2 aromatic rings. The van der Waals surface area contributed by atoms with Crippen molar-refractivity contribution in [3.8, 4) is 11.1 Å². The monoisotopic (exact) mass is 308 g/mol. The van der Waals surface area contributed by atoms with Crippen LogP contribution in [0.1, 0.15) is 24.0 Å². The summed E-state index contributed by atoms with van der Waals surface area (Å²) in [6.07, 6.45) is 1.88. The number of carbonyl (C=O) groups excluding carboxylic acids is 1. The standard InChI is InChI=1S/C20H24N2O/c1-15-4-2-6-18(12-15)19-7-3-5-16(13-19)14-22-20(23)17-8-10-21-11-9-17/h2-7,12-13,17,21H,8-11,14H2,1H3,(H,22,23). The Morgan fingerprint density at radius 3 is 2.52 bits per heavy atom. The van der Waals surface area contributed by atoms with Crippen molar-refractivity contribution in [2.24, 2.45) is 5.92 Å². The summed E-state index contributed by atoms with van der Waals surface area (Å²) in [7, 11) is 0. The van der Waals surface area contributed by atoms with E-state index in [2.05, 4.69) is 66.1 Å². The maximum Gasteiger partial charge on any atom is 0.223 e. The highest BCUT2D eigenvalue weighted by Gasteiger charge is 2.20. The maximum absolute atomic E-state index is 12.2. The van der Waals surface area contributed by atoms with Gasteiger partial charge in [-0.15, -0.1) is 0 Å². The molecule has 1 saturated heterocycles. The molecule has 0 aliphatic carbocycles. The van der Waals surface area contributed by atoms with Crippen LogP contribution in [0.3, 0.4) is 0 Å². The molecule has 2 aromatic carbocycles. The fourth-order valence-corrected chi connectivity index (χ4v) is 3.10. The molecule has 0 spiro atoms. The minimum Gasteiger partial charge on any atom is -0.352 e. The Balaban J connectivity index is 1.64. The van der Waals surface area contributed by atoms with E-state index in [9.17, 15) is 4.79 Å². The number of rotatable bonds is 4. The van der Waals surface area contributed by atoms with E-state index < -0.39 is 0 Å². The van der Waals surface area contributed by atoms with E-state index in [0.29, 0.717) is 6.54 Å². The summed E-state index contributed by atoms with van der Waals surface area (Å²) in [5, 5.41) is 6.39. The summed E-state index contributed by atoms with van der Waals surface area (Å²) in [5.41, 5.74) is 4.82. The molecule has 2 N–H and O–H groups in total. The van der Waals surface area contributed by atoms with Crippen molar-refractivity contribution in [3.05, 3.63) is 59.7 Å². The number of amides is 1. The van der Waals surface area contributed by atoms with Crippen molar-refractivity contribution in [3.63, 3.8) is 0 Å². The summed E-state index contributed by atoms with van der Waals surface area (Å²) >= 11 is 0. The quantitative estimate of drug-likeness (QED) is 0.910. The lowest BCUT2D eigenvalue weighted by Crippen LogP contribution is -2.37. The number of nitrogens with one attached hydrogen (secondary N) is 2. The lowest BCUT2D eigenvalue weighted by molar-refractivity contribution is -0.125.